The van der Waals surface area contributed by atoms with Gasteiger partial charge in [0.25, 0.3) is 5.22 Å². The molecule has 0 bridgehead atoms. The highest BCUT2D eigenvalue weighted by Gasteiger charge is 2.16. The Balaban J connectivity index is 1.53. The quantitative estimate of drug-likeness (QED) is 0.566. The number of amides is 1. The summed E-state index contributed by atoms with van der Waals surface area (Å²) in [4.78, 5) is 17.4. The molecule has 0 aliphatic rings. The molecule has 1 aromatic carbocycles. The summed E-state index contributed by atoms with van der Waals surface area (Å²) in [5.74, 6) is -0.227. The van der Waals surface area contributed by atoms with Crippen LogP contribution in [0.25, 0.3) is 0 Å². The van der Waals surface area contributed by atoms with Crippen molar-refractivity contribution in [2.75, 3.05) is 12.8 Å². The van der Waals surface area contributed by atoms with Crippen LogP contribution in [0.1, 0.15) is 11.5 Å². The van der Waals surface area contributed by atoms with E-state index in [0.29, 0.717) is 12.4 Å². The predicted octanol–water partition coefficient (Wildman–Crippen LogP) is 2.25. The van der Waals surface area contributed by atoms with Crippen molar-refractivity contribution in [2.24, 2.45) is 0 Å². The van der Waals surface area contributed by atoms with Crippen LogP contribution in [-0.2, 0) is 17.9 Å². The first-order chi connectivity index (χ1) is 12.5. The van der Waals surface area contributed by atoms with Crippen molar-refractivity contribution in [3.8, 4) is 0 Å². The van der Waals surface area contributed by atoms with Crippen LogP contribution in [0.15, 0.2) is 40.5 Å². The number of aromatic nitrogens is 5. The van der Waals surface area contributed by atoms with Crippen molar-refractivity contribution >= 4 is 29.3 Å². The maximum atomic E-state index is 13.8. The zero-order valence-corrected chi connectivity index (χ0v) is 15.2. The number of thioether (sulfide) groups is 1. The van der Waals surface area contributed by atoms with Crippen LogP contribution < -0.4 is 0 Å². The molecule has 1 amide bonds. The maximum absolute atomic E-state index is 13.8. The fourth-order valence-corrected chi connectivity index (χ4v) is 3.00. The van der Waals surface area contributed by atoms with Gasteiger partial charge in [0.1, 0.15) is 25.0 Å². The first-order valence-electron chi connectivity index (χ1n) is 7.47. The standard InChI is InChI=1S/C15H14ClFN6O2S/c1-22(5-10-11(16)3-2-4-12(10)17)14(24)7-26-15-21-20-13(25-15)6-23-9-18-8-19-23/h2-4,8-9H,5-7H2,1H3. The molecular weight excluding hydrogens is 383 g/mol. The van der Waals surface area contributed by atoms with Gasteiger partial charge in [-0.05, 0) is 12.1 Å². The summed E-state index contributed by atoms with van der Waals surface area (Å²) in [6.07, 6.45) is 2.94. The fourth-order valence-electron chi connectivity index (χ4n) is 2.06. The van der Waals surface area contributed by atoms with E-state index >= 15 is 0 Å². The summed E-state index contributed by atoms with van der Waals surface area (Å²) >= 11 is 7.09. The van der Waals surface area contributed by atoms with Gasteiger partial charge in [0.2, 0.25) is 11.8 Å². The second-order valence-electron chi connectivity index (χ2n) is 5.29. The molecular formula is C15H14ClFN6O2S. The number of carbonyl (C=O) groups excluding carboxylic acids is 1. The smallest absolute Gasteiger partial charge is 0.277 e. The molecule has 0 unspecified atom stereocenters. The highest BCUT2D eigenvalue weighted by Crippen LogP contribution is 2.21. The van der Waals surface area contributed by atoms with Gasteiger partial charge >= 0.3 is 0 Å². The third-order valence-electron chi connectivity index (χ3n) is 3.41. The Morgan fingerprint density at radius 2 is 2.27 bits per heavy atom. The number of hydrogen-bond donors (Lipinski definition) is 0. The number of halogens is 2. The molecule has 0 fully saturated rings. The number of carbonyl (C=O) groups is 1. The molecule has 26 heavy (non-hydrogen) atoms. The molecule has 136 valence electrons. The lowest BCUT2D eigenvalue weighted by atomic mass is 10.2. The first-order valence-corrected chi connectivity index (χ1v) is 8.83. The van der Waals surface area contributed by atoms with Crippen molar-refractivity contribution in [1.29, 1.82) is 0 Å². The van der Waals surface area contributed by atoms with E-state index in [2.05, 4.69) is 20.3 Å². The van der Waals surface area contributed by atoms with Gasteiger partial charge in [0.15, 0.2) is 0 Å². The predicted molar refractivity (Wildman–Crippen MR) is 92.0 cm³/mol. The van der Waals surface area contributed by atoms with Crippen LogP contribution in [0.2, 0.25) is 5.02 Å². The van der Waals surface area contributed by atoms with E-state index in [0.717, 1.165) is 11.8 Å². The Kier molecular flexibility index (Phi) is 5.84. The van der Waals surface area contributed by atoms with Gasteiger partial charge in [-0.1, -0.05) is 29.4 Å². The molecule has 0 atom stereocenters. The Morgan fingerprint density at radius 3 is 3.00 bits per heavy atom. The summed E-state index contributed by atoms with van der Waals surface area (Å²) in [5.41, 5.74) is 0.280. The third-order valence-corrected chi connectivity index (χ3v) is 4.57. The molecule has 0 saturated carbocycles. The van der Waals surface area contributed by atoms with Crippen molar-refractivity contribution in [3.63, 3.8) is 0 Å². The number of benzene rings is 1. The summed E-state index contributed by atoms with van der Waals surface area (Å²) in [7, 11) is 1.58. The van der Waals surface area contributed by atoms with Gasteiger partial charge in [-0.3, -0.25) is 4.79 Å². The monoisotopic (exact) mass is 396 g/mol. The lowest BCUT2D eigenvalue weighted by molar-refractivity contribution is -0.127. The van der Waals surface area contributed by atoms with Gasteiger partial charge in [0.05, 0.1) is 5.75 Å². The molecule has 0 N–H and O–H groups in total. The molecule has 3 aromatic rings. The Bertz CT molecular complexity index is 868. The number of nitrogens with zero attached hydrogens (tertiary/aromatic N) is 6. The van der Waals surface area contributed by atoms with E-state index < -0.39 is 5.82 Å². The topological polar surface area (TPSA) is 89.9 Å². The van der Waals surface area contributed by atoms with E-state index in [1.54, 1.807) is 17.8 Å². The fraction of sp³-hybridized carbons (Fsp3) is 0.267. The van der Waals surface area contributed by atoms with Gasteiger partial charge < -0.3 is 9.32 Å². The largest absolute Gasteiger partial charge is 0.414 e. The van der Waals surface area contributed by atoms with E-state index in [-0.39, 0.29) is 34.0 Å². The Morgan fingerprint density at radius 1 is 1.42 bits per heavy atom. The minimum Gasteiger partial charge on any atom is -0.414 e. The normalized spacial score (nSPS) is 10.9. The van der Waals surface area contributed by atoms with Crippen LogP contribution in [0, 0.1) is 5.82 Å². The van der Waals surface area contributed by atoms with Crippen molar-refractivity contribution in [2.45, 2.75) is 18.3 Å². The van der Waals surface area contributed by atoms with Crippen LogP contribution in [0.4, 0.5) is 4.39 Å². The van der Waals surface area contributed by atoms with E-state index in [9.17, 15) is 9.18 Å². The van der Waals surface area contributed by atoms with Crippen LogP contribution in [0.3, 0.4) is 0 Å². The highest BCUT2D eigenvalue weighted by molar-refractivity contribution is 7.99. The SMILES string of the molecule is CN(Cc1c(F)cccc1Cl)C(=O)CSc1nnc(Cn2cncn2)o1. The van der Waals surface area contributed by atoms with Crippen LogP contribution >= 0.6 is 23.4 Å². The maximum Gasteiger partial charge on any atom is 0.277 e. The van der Waals surface area contributed by atoms with Crippen LogP contribution in [0.5, 0.6) is 0 Å². The Hall–Kier alpha value is -2.46. The molecule has 0 radical (unpaired) electrons. The number of rotatable bonds is 7. The van der Waals surface area contributed by atoms with Crippen molar-refractivity contribution < 1.29 is 13.6 Å². The molecule has 0 aliphatic heterocycles. The molecule has 0 aliphatic carbocycles. The van der Waals surface area contributed by atoms with Gasteiger partial charge in [-0.25, -0.2) is 14.1 Å². The van der Waals surface area contributed by atoms with Crippen molar-refractivity contribution in [1.82, 2.24) is 29.9 Å². The summed E-state index contributed by atoms with van der Waals surface area (Å²) in [6.45, 7) is 0.374. The zero-order valence-electron chi connectivity index (χ0n) is 13.7. The summed E-state index contributed by atoms with van der Waals surface area (Å²) < 4.78 is 20.8. The molecule has 2 aromatic heterocycles. The molecule has 2 heterocycles. The lowest BCUT2D eigenvalue weighted by Crippen LogP contribution is -2.28. The Labute approximate surface area is 157 Å². The minimum atomic E-state index is -0.445. The minimum absolute atomic E-state index is 0.0757. The van der Waals surface area contributed by atoms with E-state index in [1.807, 2.05) is 0 Å². The molecule has 11 heteroatoms. The zero-order chi connectivity index (χ0) is 18.5. The van der Waals surface area contributed by atoms with Gasteiger partial charge in [-0.2, -0.15) is 5.10 Å². The second-order valence-corrected chi connectivity index (χ2v) is 6.63. The molecule has 8 nitrogen and oxygen atoms in total. The lowest BCUT2D eigenvalue weighted by Gasteiger charge is -2.17. The third kappa shape index (κ3) is 4.58. The molecule has 0 spiro atoms. The number of hydrogen-bond acceptors (Lipinski definition) is 7. The first kappa shape index (κ1) is 18.3. The van der Waals surface area contributed by atoms with Crippen molar-refractivity contribution in [3.05, 3.63) is 53.1 Å². The molecule has 0 saturated heterocycles. The van der Waals surface area contributed by atoms with Crippen LogP contribution in [-0.4, -0.2) is 48.6 Å². The second kappa shape index (κ2) is 8.28. The van der Waals surface area contributed by atoms with E-state index in [1.165, 1.54) is 29.7 Å². The highest BCUT2D eigenvalue weighted by atomic mass is 35.5. The van der Waals surface area contributed by atoms with Gasteiger partial charge in [0, 0.05) is 24.2 Å². The summed E-state index contributed by atoms with van der Waals surface area (Å²) in [5, 5.41) is 12.3. The van der Waals surface area contributed by atoms with E-state index in [4.69, 9.17) is 16.0 Å². The average Bonchev–Trinajstić information content (AvgIpc) is 3.28. The van der Waals surface area contributed by atoms with Gasteiger partial charge in [-0.15, -0.1) is 10.2 Å². The summed E-state index contributed by atoms with van der Waals surface area (Å²) in [6, 6.07) is 4.41. The molecule has 3 rings (SSSR count). The average molecular weight is 397 g/mol.